The largest absolute Gasteiger partial charge is 0.454 e. The topological polar surface area (TPSA) is 81.2 Å². The average molecular weight is 382 g/mol. The lowest BCUT2D eigenvalue weighted by Crippen LogP contribution is -2.15. The third-order valence-electron chi connectivity index (χ3n) is 4.29. The van der Waals surface area contributed by atoms with Gasteiger partial charge in [0.15, 0.2) is 22.1 Å². The summed E-state index contributed by atoms with van der Waals surface area (Å²) >= 11 is 5.32. The number of rotatable bonds is 5. The zero-order valence-electron chi connectivity index (χ0n) is 14.7. The van der Waals surface area contributed by atoms with Gasteiger partial charge in [0.1, 0.15) is 0 Å². The summed E-state index contributed by atoms with van der Waals surface area (Å²) in [5.74, 6) is 1.91. The van der Waals surface area contributed by atoms with Crippen LogP contribution in [0.5, 0.6) is 11.5 Å². The van der Waals surface area contributed by atoms with Gasteiger partial charge in [0.2, 0.25) is 12.7 Å². The van der Waals surface area contributed by atoms with Crippen molar-refractivity contribution in [2.24, 2.45) is 0 Å². The van der Waals surface area contributed by atoms with Crippen molar-refractivity contribution in [1.82, 2.24) is 14.8 Å². The average Bonchev–Trinajstić information content (AvgIpc) is 3.27. The van der Waals surface area contributed by atoms with Crippen LogP contribution in [0.2, 0.25) is 0 Å². The zero-order valence-corrected chi connectivity index (χ0v) is 15.5. The molecular weight excluding hydrogens is 364 g/mol. The van der Waals surface area contributed by atoms with Crippen LogP contribution in [0.1, 0.15) is 12.0 Å². The number of fused-ring (bicyclic) bond motifs is 1. The number of hydrogen-bond donors (Lipinski definition) is 2. The molecule has 2 aromatic carbocycles. The Bertz CT molecular complexity index is 1040. The molecule has 0 saturated heterocycles. The highest BCUT2D eigenvalue weighted by Crippen LogP contribution is 2.34. The first kappa shape index (κ1) is 17.3. The first-order chi connectivity index (χ1) is 13.1. The number of H-pyrrole nitrogens is 1. The second-order valence-electron chi connectivity index (χ2n) is 6.24. The third kappa shape index (κ3) is 3.70. The molecule has 8 heteroatoms. The lowest BCUT2D eigenvalue weighted by atomic mass is 10.1. The second-order valence-corrected chi connectivity index (χ2v) is 6.62. The molecule has 1 aliphatic heterocycles. The molecule has 3 aromatic rings. The molecule has 0 spiro atoms. The fourth-order valence-electron chi connectivity index (χ4n) is 2.86. The maximum absolute atomic E-state index is 12.4. The van der Waals surface area contributed by atoms with Crippen molar-refractivity contribution in [3.63, 3.8) is 0 Å². The fraction of sp³-hybridized carbons (Fsp3) is 0.211. The maximum atomic E-state index is 12.4. The van der Waals surface area contributed by atoms with E-state index in [1.807, 2.05) is 35.8 Å². The number of carbonyl (C=O) groups excluding carboxylic acids is 1. The number of carbonyl (C=O) groups is 1. The molecule has 0 atom stereocenters. The van der Waals surface area contributed by atoms with Crippen LogP contribution in [0.3, 0.4) is 0 Å². The van der Waals surface area contributed by atoms with E-state index in [9.17, 15) is 4.79 Å². The molecule has 7 nitrogen and oxygen atoms in total. The molecule has 1 aliphatic rings. The van der Waals surface area contributed by atoms with E-state index in [0.717, 1.165) is 11.4 Å². The minimum Gasteiger partial charge on any atom is -0.454 e. The van der Waals surface area contributed by atoms with Crippen molar-refractivity contribution in [3.8, 4) is 22.9 Å². The predicted octanol–water partition coefficient (Wildman–Crippen LogP) is 3.67. The number of benzene rings is 2. The number of aryl methyl sites for hydroxylation is 1. The summed E-state index contributed by atoms with van der Waals surface area (Å²) in [6.07, 6.45) is 0.265. The predicted molar refractivity (Wildman–Crippen MR) is 103 cm³/mol. The van der Waals surface area contributed by atoms with E-state index < -0.39 is 0 Å². The van der Waals surface area contributed by atoms with E-state index in [4.69, 9.17) is 21.7 Å². The van der Waals surface area contributed by atoms with Crippen LogP contribution in [0.25, 0.3) is 11.4 Å². The number of aromatic nitrogens is 3. The maximum Gasteiger partial charge on any atom is 0.231 e. The van der Waals surface area contributed by atoms with Gasteiger partial charge in [0.25, 0.3) is 0 Å². The molecule has 1 amide bonds. The van der Waals surface area contributed by atoms with E-state index in [1.54, 1.807) is 18.2 Å². The molecular formula is C19H18N4O3S. The Balaban J connectivity index is 1.44. The highest BCUT2D eigenvalue weighted by molar-refractivity contribution is 7.71. The van der Waals surface area contributed by atoms with Crippen LogP contribution in [0, 0.1) is 11.7 Å². The molecule has 1 aromatic heterocycles. The second kappa shape index (κ2) is 7.24. The van der Waals surface area contributed by atoms with Crippen LogP contribution in [0.15, 0.2) is 42.5 Å². The van der Waals surface area contributed by atoms with Gasteiger partial charge in [0.05, 0.1) is 0 Å². The van der Waals surface area contributed by atoms with Gasteiger partial charge in [-0.25, -0.2) is 0 Å². The first-order valence-electron chi connectivity index (χ1n) is 8.52. The summed E-state index contributed by atoms with van der Waals surface area (Å²) in [7, 11) is 0. The van der Waals surface area contributed by atoms with E-state index in [2.05, 4.69) is 15.5 Å². The van der Waals surface area contributed by atoms with E-state index in [0.29, 0.717) is 28.5 Å². The number of amides is 1. The quantitative estimate of drug-likeness (QED) is 0.658. The summed E-state index contributed by atoms with van der Waals surface area (Å²) in [4.78, 5) is 12.4. The molecule has 4 rings (SSSR count). The van der Waals surface area contributed by atoms with Crippen molar-refractivity contribution in [2.45, 2.75) is 19.9 Å². The van der Waals surface area contributed by atoms with E-state index in [-0.39, 0.29) is 19.1 Å². The number of nitrogens with zero attached hydrogens (tertiary/aromatic N) is 2. The van der Waals surface area contributed by atoms with Crippen molar-refractivity contribution in [3.05, 3.63) is 52.8 Å². The third-order valence-corrected chi connectivity index (χ3v) is 4.60. The Morgan fingerprint density at radius 1 is 1.22 bits per heavy atom. The summed E-state index contributed by atoms with van der Waals surface area (Å²) in [5, 5.41) is 9.97. The molecule has 0 radical (unpaired) electrons. The molecule has 138 valence electrons. The Kier molecular flexibility index (Phi) is 4.64. The minimum atomic E-state index is -0.119. The van der Waals surface area contributed by atoms with Gasteiger partial charge in [-0.05, 0) is 31.3 Å². The Hall–Kier alpha value is -3.13. The summed E-state index contributed by atoms with van der Waals surface area (Å²) in [6.45, 7) is 2.66. The van der Waals surface area contributed by atoms with Gasteiger partial charge < -0.3 is 14.8 Å². The lowest BCUT2D eigenvalue weighted by Gasteiger charge is -2.09. The number of aromatic amines is 1. The standard InChI is InChI=1S/C19H18N4O3S/c1-12-2-4-13(5-3-12)18-21-22-19(27)23(18)9-8-17(24)20-14-6-7-15-16(10-14)26-11-25-15/h2-7,10H,8-9,11H2,1H3,(H,20,24)(H,22,27). The van der Waals surface area contributed by atoms with Crippen LogP contribution in [0.4, 0.5) is 5.69 Å². The van der Waals surface area contributed by atoms with Crippen LogP contribution in [-0.4, -0.2) is 27.5 Å². The molecule has 0 aliphatic carbocycles. The molecule has 2 heterocycles. The highest BCUT2D eigenvalue weighted by Gasteiger charge is 2.15. The Morgan fingerprint density at radius 2 is 2.00 bits per heavy atom. The number of nitrogens with one attached hydrogen (secondary N) is 2. The molecule has 27 heavy (non-hydrogen) atoms. The minimum absolute atomic E-state index is 0.119. The monoisotopic (exact) mass is 382 g/mol. The van der Waals surface area contributed by atoms with Crippen molar-refractivity contribution in [2.75, 3.05) is 12.1 Å². The van der Waals surface area contributed by atoms with Crippen molar-refractivity contribution in [1.29, 1.82) is 0 Å². The van der Waals surface area contributed by atoms with Gasteiger partial charge in [-0.2, -0.15) is 5.10 Å². The van der Waals surface area contributed by atoms with Crippen LogP contribution < -0.4 is 14.8 Å². The molecule has 0 saturated carbocycles. The Labute approximate surface area is 160 Å². The normalized spacial score (nSPS) is 12.2. The molecule has 2 N–H and O–H groups in total. The van der Waals surface area contributed by atoms with Gasteiger partial charge in [-0.1, -0.05) is 29.8 Å². The number of ether oxygens (including phenoxy) is 2. The number of hydrogen-bond acceptors (Lipinski definition) is 5. The van der Waals surface area contributed by atoms with E-state index in [1.165, 1.54) is 5.56 Å². The molecule has 0 fully saturated rings. The van der Waals surface area contributed by atoms with Gasteiger partial charge in [-0.3, -0.25) is 14.5 Å². The summed E-state index contributed by atoms with van der Waals surface area (Å²) in [6, 6.07) is 13.3. The zero-order chi connectivity index (χ0) is 18.8. The fourth-order valence-corrected chi connectivity index (χ4v) is 3.08. The van der Waals surface area contributed by atoms with Crippen LogP contribution >= 0.6 is 12.2 Å². The summed E-state index contributed by atoms with van der Waals surface area (Å²) < 4.78 is 12.9. The lowest BCUT2D eigenvalue weighted by molar-refractivity contribution is -0.116. The molecule has 0 bridgehead atoms. The van der Waals surface area contributed by atoms with Crippen molar-refractivity contribution < 1.29 is 14.3 Å². The van der Waals surface area contributed by atoms with Gasteiger partial charge >= 0.3 is 0 Å². The molecule has 0 unspecified atom stereocenters. The van der Waals surface area contributed by atoms with Crippen molar-refractivity contribution >= 4 is 23.8 Å². The highest BCUT2D eigenvalue weighted by atomic mass is 32.1. The SMILES string of the molecule is Cc1ccc(-c2n[nH]c(=S)n2CCC(=O)Nc2ccc3c(c2)OCO3)cc1. The summed E-state index contributed by atoms with van der Waals surface area (Å²) in [5.41, 5.74) is 2.78. The van der Waals surface area contributed by atoms with Gasteiger partial charge in [0, 0.05) is 30.3 Å². The number of anilines is 1. The smallest absolute Gasteiger partial charge is 0.231 e. The van der Waals surface area contributed by atoms with E-state index >= 15 is 0 Å². The van der Waals surface area contributed by atoms with Crippen LogP contribution in [-0.2, 0) is 11.3 Å². The Morgan fingerprint density at radius 3 is 2.81 bits per heavy atom. The first-order valence-corrected chi connectivity index (χ1v) is 8.93. The van der Waals surface area contributed by atoms with Gasteiger partial charge in [-0.15, -0.1) is 0 Å².